The number of nitrogens with zero attached hydrogens (tertiary/aromatic N) is 2. The molecule has 144 valence electrons. The van der Waals surface area contributed by atoms with Crippen molar-refractivity contribution in [3.8, 4) is 6.07 Å². The van der Waals surface area contributed by atoms with Crippen LogP contribution in [0.2, 0.25) is 0 Å². The number of urea groups is 1. The first-order chi connectivity index (χ1) is 12.6. The molecule has 0 radical (unpaired) electrons. The molecular formula is C18H22N4O4S. The number of amides is 3. The Morgan fingerprint density at radius 3 is 2.48 bits per heavy atom. The molecule has 2 N–H and O–H groups in total. The summed E-state index contributed by atoms with van der Waals surface area (Å²) in [6.45, 7) is 4.02. The quantitative estimate of drug-likeness (QED) is 0.743. The van der Waals surface area contributed by atoms with E-state index in [9.17, 15) is 18.0 Å². The lowest BCUT2D eigenvalue weighted by atomic mass is 9.88. The first kappa shape index (κ1) is 19.3. The van der Waals surface area contributed by atoms with Crippen LogP contribution in [0.4, 0.5) is 4.79 Å². The molecule has 1 aromatic carbocycles. The number of rotatable bonds is 4. The number of carbonyl (C=O) groups excluding carboxylic acids is 2. The normalized spacial score (nSPS) is 24.3. The molecule has 2 saturated heterocycles. The summed E-state index contributed by atoms with van der Waals surface area (Å²) in [5, 5.41) is 13.5. The summed E-state index contributed by atoms with van der Waals surface area (Å²) < 4.78 is 26.9. The molecule has 1 atom stereocenters. The minimum atomic E-state index is -3.69. The highest BCUT2D eigenvalue weighted by Crippen LogP contribution is 2.31. The molecule has 0 spiro atoms. The molecule has 1 aromatic rings. The van der Waals surface area contributed by atoms with E-state index in [2.05, 4.69) is 16.7 Å². The van der Waals surface area contributed by atoms with Crippen LogP contribution < -0.4 is 10.6 Å². The average Bonchev–Trinajstić information content (AvgIpc) is 2.85. The van der Waals surface area contributed by atoms with E-state index < -0.39 is 33.3 Å². The Morgan fingerprint density at radius 2 is 1.96 bits per heavy atom. The van der Waals surface area contributed by atoms with Gasteiger partial charge in [0.25, 0.3) is 5.91 Å². The summed E-state index contributed by atoms with van der Waals surface area (Å²) >= 11 is 0. The van der Waals surface area contributed by atoms with Crippen LogP contribution in [-0.4, -0.2) is 49.0 Å². The Hall–Kier alpha value is -2.44. The summed E-state index contributed by atoms with van der Waals surface area (Å²) in [6, 6.07) is 7.20. The number of imide groups is 1. The molecule has 0 aromatic heterocycles. The van der Waals surface area contributed by atoms with Gasteiger partial charge in [0.15, 0.2) is 0 Å². The van der Waals surface area contributed by atoms with Crippen molar-refractivity contribution >= 4 is 22.0 Å². The third-order valence-electron chi connectivity index (χ3n) is 5.28. The number of aryl methyl sites for hydroxylation is 1. The topological polar surface area (TPSA) is 119 Å². The molecule has 3 amide bonds. The molecule has 0 saturated carbocycles. The second kappa shape index (κ2) is 6.94. The fourth-order valence-electron chi connectivity index (χ4n) is 3.67. The van der Waals surface area contributed by atoms with Crippen LogP contribution in [0.25, 0.3) is 0 Å². The lowest BCUT2D eigenvalue weighted by Gasteiger charge is -2.33. The van der Waals surface area contributed by atoms with Crippen molar-refractivity contribution < 1.29 is 18.0 Å². The van der Waals surface area contributed by atoms with E-state index in [1.165, 1.54) is 11.2 Å². The Bertz CT molecular complexity index is 929. The van der Waals surface area contributed by atoms with Crippen molar-refractivity contribution in [1.82, 2.24) is 14.9 Å². The number of hydrogen-bond donors (Lipinski definition) is 2. The van der Waals surface area contributed by atoms with Crippen molar-refractivity contribution in [2.45, 2.75) is 38.1 Å². The van der Waals surface area contributed by atoms with Gasteiger partial charge in [-0.3, -0.25) is 10.1 Å². The third kappa shape index (κ3) is 3.82. The first-order valence-corrected chi connectivity index (χ1v) is 10.4. The fraction of sp³-hybridized carbons (Fsp3) is 0.500. The van der Waals surface area contributed by atoms with E-state index in [0.29, 0.717) is 31.5 Å². The predicted molar refractivity (Wildman–Crippen MR) is 98.3 cm³/mol. The molecule has 9 heteroatoms. The highest BCUT2D eigenvalue weighted by atomic mass is 32.2. The number of benzene rings is 1. The fourth-order valence-corrected chi connectivity index (χ4v) is 5.55. The smallest absolute Gasteiger partial charge is 0.322 e. The maximum Gasteiger partial charge on any atom is 0.322 e. The summed E-state index contributed by atoms with van der Waals surface area (Å²) in [7, 11) is -3.69. The van der Waals surface area contributed by atoms with Gasteiger partial charge in [0.05, 0.1) is 17.4 Å². The van der Waals surface area contributed by atoms with Crippen LogP contribution in [0, 0.1) is 18.3 Å². The molecule has 2 fully saturated rings. The second-order valence-corrected chi connectivity index (χ2v) is 9.32. The molecule has 8 nitrogen and oxygen atoms in total. The Kier molecular flexibility index (Phi) is 4.97. The third-order valence-corrected chi connectivity index (χ3v) is 7.37. The van der Waals surface area contributed by atoms with Gasteiger partial charge in [0, 0.05) is 13.1 Å². The molecule has 0 aliphatic carbocycles. The van der Waals surface area contributed by atoms with Crippen LogP contribution in [0.15, 0.2) is 18.2 Å². The largest absolute Gasteiger partial charge is 0.322 e. The first-order valence-electron chi connectivity index (χ1n) is 8.77. The highest BCUT2D eigenvalue weighted by molar-refractivity contribution is 7.89. The monoisotopic (exact) mass is 390 g/mol. The molecule has 2 heterocycles. The van der Waals surface area contributed by atoms with E-state index >= 15 is 0 Å². The number of carbonyl (C=O) groups is 2. The van der Waals surface area contributed by atoms with Gasteiger partial charge >= 0.3 is 6.03 Å². The standard InChI is InChI=1S/C18H22N4O4S/c1-12-9-14(3-4-15(12)10-19)13-5-7-22(8-6-13)27(25,26)11-18(2)16(23)20-17(24)21-18/h3-4,9,13H,5-8,11H2,1-2H3,(H2,20,21,23,24)/t18-/m0/s1. The number of piperidine rings is 1. The van der Waals surface area contributed by atoms with Crippen molar-refractivity contribution in [3.63, 3.8) is 0 Å². The minimum Gasteiger partial charge on any atom is -0.322 e. The summed E-state index contributed by atoms with van der Waals surface area (Å²) in [5.74, 6) is -0.856. The summed E-state index contributed by atoms with van der Waals surface area (Å²) in [4.78, 5) is 23.2. The van der Waals surface area contributed by atoms with Crippen LogP contribution in [0.3, 0.4) is 0 Å². The van der Waals surface area contributed by atoms with Crippen molar-refractivity contribution in [2.24, 2.45) is 0 Å². The van der Waals surface area contributed by atoms with E-state index in [4.69, 9.17) is 5.26 Å². The minimum absolute atomic E-state index is 0.230. The van der Waals surface area contributed by atoms with Gasteiger partial charge in [-0.2, -0.15) is 5.26 Å². The van der Waals surface area contributed by atoms with Crippen LogP contribution >= 0.6 is 0 Å². The Balaban J connectivity index is 1.66. The van der Waals surface area contributed by atoms with E-state index in [0.717, 1.165) is 11.1 Å². The van der Waals surface area contributed by atoms with Gasteiger partial charge in [0.1, 0.15) is 5.54 Å². The predicted octanol–water partition coefficient (Wildman–Crippen LogP) is 0.974. The van der Waals surface area contributed by atoms with E-state index in [1.807, 2.05) is 19.1 Å². The van der Waals surface area contributed by atoms with Gasteiger partial charge in [-0.25, -0.2) is 17.5 Å². The summed E-state index contributed by atoms with van der Waals surface area (Å²) in [5.41, 5.74) is 1.22. The SMILES string of the molecule is Cc1cc(C2CCN(S(=O)(=O)C[C@]3(C)NC(=O)NC3=O)CC2)ccc1C#N. The number of hydrogen-bond acceptors (Lipinski definition) is 5. The van der Waals surface area contributed by atoms with Crippen molar-refractivity contribution in [3.05, 3.63) is 34.9 Å². The molecule has 3 rings (SSSR count). The molecule has 2 aliphatic heterocycles. The zero-order valence-electron chi connectivity index (χ0n) is 15.3. The van der Waals surface area contributed by atoms with Crippen molar-refractivity contribution in [1.29, 1.82) is 5.26 Å². The maximum atomic E-state index is 12.7. The van der Waals surface area contributed by atoms with Crippen LogP contribution in [0.1, 0.15) is 42.4 Å². The van der Waals surface area contributed by atoms with Gasteiger partial charge in [-0.15, -0.1) is 0 Å². The van der Waals surface area contributed by atoms with E-state index in [1.54, 1.807) is 6.07 Å². The maximum absolute atomic E-state index is 12.7. The lowest BCUT2D eigenvalue weighted by molar-refractivity contribution is -0.122. The number of nitriles is 1. The van der Waals surface area contributed by atoms with E-state index in [-0.39, 0.29) is 5.92 Å². The van der Waals surface area contributed by atoms with Crippen molar-refractivity contribution in [2.75, 3.05) is 18.8 Å². The zero-order valence-corrected chi connectivity index (χ0v) is 16.1. The Labute approximate surface area is 158 Å². The van der Waals surface area contributed by atoms with Gasteiger partial charge in [-0.05, 0) is 49.8 Å². The zero-order chi connectivity index (χ0) is 19.8. The molecule has 2 aliphatic rings. The van der Waals surface area contributed by atoms with Crippen LogP contribution in [-0.2, 0) is 14.8 Å². The summed E-state index contributed by atoms with van der Waals surface area (Å²) in [6.07, 6.45) is 1.33. The lowest BCUT2D eigenvalue weighted by Crippen LogP contribution is -2.53. The average molecular weight is 390 g/mol. The van der Waals surface area contributed by atoms with Crippen LogP contribution in [0.5, 0.6) is 0 Å². The highest BCUT2D eigenvalue weighted by Gasteiger charge is 2.46. The van der Waals surface area contributed by atoms with Gasteiger partial charge < -0.3 is 5.32 Å². The molecular weight excluding hydrogens is 368 g/mol. The number of nitrogens with one attached hydrogen (secondary N) is 2. The van der Waals surface area contributed by atoms with Gasteiger partial charge in [0.2, 0.25) is 10.0 Å². The molecule has 0 unspecified atom stereocenters. The second-order valence-electron chi connectivity index (χ2n) is 7.36. The number of sulfonamides is 1. The molecule has 27 heavy (non-hydrogen) atoms. The molecule has 0 bridgehead atoms. The van der Waals surface area contributed by atoms with Gasteiger partial charge in [-0.1, -0.05) is 12.1 Å². The Morgan fingerprint density at radius 1 is 1.30 bits per heavy atom.